The summed E-state index contributed by atoms with van der Waals surface area (Å²) in [6.45, 7) is 8.98. The summed E-state index contributed by atoms with van der Waals surface area (Å²) >= 11 is 0. The van der Waals surface area contributed by atoms with Crippen LogP contribution in [0.4, 0.5) is 9.59 Å². The number of likely N-dealkylation sites (tertiary alicyclic amines) is 1. The lowest BCUT2D eigenvalue weighted by molar-refractivity contribution is -0.278. The van der Waals surface area contributed by atoms with Gasteiger partial charge in [-0.05, 0) is 44.9 Å². The number of ether oxygens (including phenoxy) is 9. The van der Waals surface area contributed by atoms with Crippen molar-refractivity contribution in [3.8, 4) is 5.75 Å². The van der Waals surface area contributed by atoms with Gasteiger partial charge in [-0.3, -0.25) is 19.2 Å². The Balaban J connectivity index is 1.63. The number of carbonyl (C=O) groups excluding carboxylic acids is 6. The molecule has 0 aliphatic carbocycles. The van der Waals surface area contributed by atoms with Crippen LogP contribution in [0.2, 0.25) is 0 Å². The first-order chi connectivity index (χ1) is 25.6. The smallest absolute Gasteiger partial charge is 0.431 e. The zero-order valence-electron chi connectivity index (χ0n) is 31.1. The predicted molar refractivity (Wildman–Crippen MR) is 181 cm³/mol. The fourth-order valence-corrected chi connectivity index (χ4v) is 4.85. The van der Waals surface area contributed by atoms with Crippen LogP contribution < -0.4 is 15.5 Å². The molecule has 1 aromatic rings. The molecule has 0 saturated carbocycles. The Morgan fingerprint density at radius 3 is 2.19 bits per heavy atom. The van der Waals surface area contributed by atoms with E-state index in [-0.39, 0.29) is 57.5 Å². The maximum absolute atomic E-state index is 13.5. The topological polar surface area (TPSA) is 242 Å². The molecule has 3 N–H and O–H groups in total. The van der Waals surface area contributed by atoms with Gasteiger partial charge in [0.1, 0.15) is 18.0 Å². The largest absolute Gasteiger partial charge is 0.467 e. The van der Waals surface area contributed by atoms with Gasteiger partial charge < -0.3 is 58.0 Å². The van der Waals surface area contributed by atoms with Gasteiger partial charge in [-0.15, -0.1) is 0 Å². The second-order valence-electron chi connectivity index (χ2n) is 12.9. The number of benzene rings is 1. The second kappa shape index (κ2) is 21.2. The lowest BCUT2D eigenvalue weighted by atomic mass is 9.98. The minimum absolute atomic E-state index is 0.0426. The standard InChI is InChI=1S/C34H49N3O17/c1-20(38)50-26-25(40)31(53-28(30(42)45-6)27(26)51-21(2)39)52-24-9-8-22(19-48-33(44)37-11-7-12-37)18-23(24)29(41)35-10-13-46-14-15-47-16-17-49-36-32(43)54-34(3,4)5/h8-9,18,25-28,31,40H,7,10-17,19H2,1-6H3,(H,35,41)(H,36,43)/t25-,26-,27+,28+,31-/m1/s1. The van der Waals surface area contributed by atoms with Crippen molar-refractivity contribution < 1.29 is 81.3 Å². The fraction of sp³-hybridized carbons (Fsp3) is 0.647. The van der Waals surface area contributed by atoms with Crippen LogP contribution in [0.5, 0.6) is 5.75 Å². The van der Waals surface area contributed by atoms with E-state index >= 15 is 0 Å². The highest BCUT2D eigenvalue weighted by atomic mass is 16.7. The van der Waals surface area contributed by atoms with Gasteiger partial charge in [0.2, 0.25) is 6.29 Å². The summed E-state index contributed by atoms with van der Waals surface area (Å²) < 4.78 is 48.0. The van der Waals surface area contributed by atoms with Crippen LogP contribution in [0.15, 0.2) is 18.2 Å². The molecule has 2 aliphatic heterocycles. The predicted octanol–water partition coefficient (Wildman–Crippen LogP) is 0.749. The SMILES string of the molecule is COC(=O)[C@H]1O[C@@H](Oc2ccc(COC(=O)N3CCC3)cc2C(=O)NCCOCCOCCONC(=O)OC(C)(C)C)[C@H](O)[C@@H](OC(C)=O)[C@@H]1OC(C)=O. The van der Waals surface area contributed by atoms with E-state index in [9.17, 15) is 33.9 Å². The summed E-state index contributed by atoms with van der Waals surface area (Å²) in [7, 11) is 1.05. The van der Waals surface area contributed by atoms with E-state index < -0.39 is 72.3 Å². The molecule has 0 radical (unpaired) electrons. The van der Waals surface area contributed by atoms with Crippen LogP contribution in [0.3, 0.4) is 0 Å². The summed E-state index contributed by atoms with van der Waals surface area (Å²) in [6, 6.07) is 4.28. The highest BCUT2D eigenvalue weighted by Gasteiger charge is 2.53. The Bertz CT molecular complexity index is 1450. The highest BCUT2D eigenvalue weighted by Crippen LogP contribution is 2.31. The first kappa shape index (κ1) is 43.6. The van der Waals surface area contributed by atoms with E-state index in [1.807, 2.05) is 0 Å². The van der Waals surface area contributed by atoms with Crippen LogP contribution >= 0.6 is 0 Å². The number of esters is 3. The Labute approximate surface area is 311 Å². The molecule has 2 aliphatic rings. The maximum Gasteiger partial charge on any atom is 0.431 e. The average molecular weight is 772 g/mol. The Hall–Kier alpha value is -4.76. The summed E-state index contributed by atoms with van der Waals surface area (Å²) in [5.74, 6) is -3.54. The van der Waals surface area contributed by atoms with Crippen molar-refractivity contribution in [2.75, 3.05) is 59.8 Å². The lowest BCUT2D eigenvalue weighted by Gasteiger charge is -2.41. The Morgan fingerprint density at radius 1 is 0.926 bits per heavy atom. The van der Waals surface area contributed by atoms with Gasteiger partial charge in [0, 0.05) is 33.5 Å². The number of hydroxylamine groups is 1. The summed E-state index contributed by atoms with van der Waals surface area (Å²) in [5.41, 5.74) is 1.83. The highest BCUT2D eigenvalue weighted by molar-refractivity contribution is 5.97. The molecule has 1 aromatic carbocycles. The molecule has 2 saturated heterocycles. The van der Waals surface area contributed by atoms with Crippen LogP contribution in [0.1, 0.15) is 57.0 Å². The maximum atomic E-state index is 13.5. The third kappa shape index (κ3) is 14.2. The van der Waals surface area contributed by atoms with Crippen molar-refractivity contribution in [3.05, 3.63) is 29.3 Å². The molecule has 20 heteroatoms. The first-order valence-corrected chi connectivity index (χ1v) is 17.1. The van der Waals surface area contributed by atoms with Crippen molar-refractivity contribution in [2.45, 2.75) is 84.0 Å². The minimum Gasteiger partial charge on any atom is -0.467 e. The zero-order valence-corrected chi connectivity index (χ0v) is 31.1. The van der Waals surface area contributed by atoms with Gasteiger partial charge >= 0.3 is 30.1 Å². The normalized spacial score (nSPS) is 20.8. The van der Waals surface area contributed by atoms with Crippen LogP contribution in [-0.2, 0) is 63.7 Å². The number of aliphatic hydroxyl groups excluding tert-OH is 1. The molecule has 54 heavy (non-hydrogen) atoms. The number of hydrogen-bond acceptors (Lipinski definition) is 17. The number of nitrogens with zero attached hydrogens (tertiary/aromatic N) is 1. The van der Waals surface area contributed by atoms with Gasteiger partial charge in [0.15, 0.2) is 24.4 Å². The van der Waals surface area contributed by atoms with Gasteiger partial charge in [-0.1, -0.05) is 6.07 Å². The molecule has 3 rings (SSSR count). The summed E-state index contributed by atoms with van der Waals surface area (Å²) in [4.78, 5) is 80.3. The molecule has 3 amide bonds. The number of aliphatic hydroxyl groups is 1. The number of rotatable bonds is 18. The minimum atomic E-state index is -1.82. The number of carbonyl (C=O) groups is 6. The number of nitrogens with one attached hydrogen (secondary N) is 2. The molecule has 0 bridgehead atoms. The molecule has 0 aromatic heterocycles. The second-order valence-corrected chi connectivity index (χ2v) is 12.9. The van der Waals surface area contributed by atoms with Gasteiger partial charge in [0.25, 0.3) is 5.91 Å². The first-order valence-electron chi connectivity index (χ1n) is 17.1. The summed E-state index contributed by atoms with van der Waals surface area (Å²) in [5, 5.41) is 13.9. The van der Waals surface area contributed by atoms with Crippen LogP contribution in [-0.4, -0.2) is 142 Å². The summed E-state index contributed by atoms with van der Waals surface area (Å²) in [6.07, 6.45) is -8.85. The van der Waals surface area contributed by atoms with Crippen molar-refractivity contribution >= 4 is 36.0 Å². The molecule has 0 unspecified atom stereocenters. The van der Waals surface area contributed by atoms with Gasteiger partial charge in [-0.2, -0.15) is 5.48 Å². The molecular weight excluding hydrogens is 722 g/mol. The van der Waals surface area contributed by atoms with Crippen LogP contribution in [0, 0.1) is 0 Å². The molecule has 0 spiro atoms. The monoisotopic (exact) mass is 771 g/mol. The van der Waals surface area contributed by atoms with Crippen molar-refractivity contribution in [2.24, 2.45) is 0 Å². The fourth-order valence-electron chi connectivity index (χ4n) is 4.85. The quantitative estimate of drug-likeness (QED) is 0.0807. The number of hydrogen-bond donors (Lipinski definition) is 3. The molecule has 20 nitrogen and oxygen atoms in total. The molecule has 302 valence electrons. The van der Waals surface area contributed by atoms with Gasteiger partial charge in [0.05, 0.1) is 45.7 Å². The Kier molecular flexibility index (Phi) is 17.1. The van der Waals surface area contributed by atoms with Crippen molar-refractivity contribution in [1.29, 1.82) is 0 Å². The van der Waals surface area contributed by atoms with E-state index in [1.54, 1.807) is 20.8 Å². The molecular formula is C34H49N3O17. The van der Waals surface area contributed by atoms with E-state index in [0.29, 0.717) is 18.7 Å². The lowest BCUT2D eigenvalue weighted by Crippen LogP contribution is -2.63. The van der Waals surface area contributed by atoms with Crippen LogP contribution in [0.25, 0.3) is 0 Å². The third-order valence-corrected chi connectivity index (χ3v) is 7.35. The van der Waals surface area contributed by atoms with E-state index in [0.717, 1.165) is 27.4 Å². The van der Waals surface area contributed by atoms with E-state index in [2.05, 4.69) is 10.8 Å². The molecule has 5 atom stereocenters. The molecule has 2 fully saturated rings. The van der Waals surface area contributed by atoms with E-state index in [1.165, 1.54) is 23.1 Å². The van der Waals surface area contributed by atoms with Crippen molar-refractivity contribution in [3.63, 3.8) is 0 Å². The Morgan fingerprint density at radius 2 is 1.57 bits per heavy atom. The average Bonchev–Trinajstić information content (AvgIpc) is 3.07. The zero-order chi connectivity index (χ0) is 39.8. The number of amides is 3. The number of methoxy groups -OCH3 is 1. The van der Waals surface area contributed by atoms with E-state index in [4.69, 9.17) is 47.5 Å². The molecule has 2 heterocycles. The van der Waals surface area contributed by atoms with Gasteiger partial charge in [-0.25, -0.2) is 14.4 Å². The third-order valence-electron chi connectivity index (χ3n) is 7.35. The van der Waals surface area contributed by atoms with Crippen molar-refractivity contribution in [1.82, 2.24) is 15.7 Å².